The van der Waals surface area contributed by atoms with Crippen molar-refractivity contribution in [2.75, 3.05) is 5.75 Å². The lowest BCUT2D eigenvalue weighted by atomic mass is 9.69. The first-order valence-corrected chi connectivity index (χ1v) is 11.6. The fourth-order valence-corrected chi connectivity index (χ4v) is 8.76. The second-order valence-corrected chi connectivity index (χ2v) is 11.5. The van der Waals surface area contributed by atoms with E-state index in [9.17, 15) is 8.42 Å². The first-order chi connectivity index (χ1) is 12.7. The molecule has 1 unspecified atom stereocenters. The van der Waals surface area contributed by atoms with E-state index in [1.54, 1.807) is 4.31 Å². The predicted octanol–water partition coefficient (Wildman–Crippen LogP) is 3.35. The summed E-state index contributed by atoms with van der Waals surface area (Å²) in [4.78, 5) is 4.59. The summed E-state index contributed by atoms with van der Waals surface area (Å²) in [6.45, 7) is 9.16. The van der Waals surface area contributed by atoms with Crippen LogP contribution < -0.4 is 0 Å². The second-order valence-electron chi connectivity index (χ2n) is 9.61. The number of rotatable bonds is 3. The Labute approximate surface area is 161 Å². The number of sulfonamides is 1. The minimum atomic E-state index is -3.24. The summed E-state index contributed by atoms with van der Waals surface area (Å²) in [6.07, 6.45) is 6.87. The Kier molecular flexibility index (Phi) is 3.47. The van der Waals surface area contributed by atoms with Gasteiger partial charge in [-0.3, -0.25) is 0 Å². The molecule has 2 aliphatic carbocycles. The fourth-order valence-electron chi connectivity index (χ4n) is 6.21. The minimum absolute atomic E-state index is 0.0729. The van der Waals surface area contributed by atoms with Gasteiger partial charge in [0.05, 0.1) is 11.9 Å². The summed E-state index contributed by atoms with van der Waals surface area (Å²) in [7, 11) is -3.24. The monoisotopic (exact) mass is 388 g/mol. The third kappa shape index (κ3) is 2.18. The quantitative estimate of drug-likeness (QED) is 0.809. The maximum atomic E-state index is 13.1. The average molecular weight is 389 g/mol. The van der Waals surface area contributed by atoms with Gasteiger partial charge in [-0.1, -0.05) is 13.8 Å². The Bertz CT molecular complexity index is 1030. The van der Waals surface area contributed by atoms with Crippen molar-refractivity contribution in [3.05, 3.63) is 24.0 Å². The van der Waals surface area contributed by atoms with E-state index in [0.717, 1.165) is 29.4 Å². The van der Waals surface area contributed by atoms with E-state index in [-0.39, 0.29) is 22.9 Å². The highest BCUT2D eigenvalue weighted by atomic mass is 32.2. The highest BCUT2D eigenvalue weighted by Crippen LogP contribution is 2.70. The summed E-state index contributed by atoms with van der Waals surface area (Å²) in [6, 6.07) is 2.44. The minimum Gasteiger partial charge on any atom is -0.245 e. The highest BCUT2D eigenvalue weighted by molar-refractivity contribution is 7.89. The van der Waals surface area contributed by atoms with Crippen LogP contribution in [0.2, 0.25) is 0 Å². The fraction of sp³-hybridized carbons (Fsp3) is 0.700. The Balaban J connectivity index is 1.50. The van der Waals surface area contributed by atoms with Crippen LogP contribution in [0.25, 0.3) is 11.0 Å². The molecule has 0 radical (unpaired) electrons. The maximum absolute atomic E-state index is 13.1. The zero-order valence-corrected chi connectivity index (χ0v) is 17.3. The van der Waals surface area contributed by atoms with Gasteiger partial charge in [-0.05, 0) is 56.1 Å². The molecule has 2 aromatic rings. The summed E-state index contributed by atoms with van der Waals surface area (Å²) < 4.78 is 29.9. The molecule has 1 aliphatic heterocycles. The van der Waals surface area contributed by atoms with Gasteiger partial charge >= 0.3 is 0 Å². The predicted molar refractivity (Wildman–Crippen MR) is 105 cm³/mol. The number of pyridine rings is 1. The van der Waals surface area contributed by atoms with Crippen molar-refractivity contribution in [3.63, 3.8) is 0 Å². The molecule has 27 heavy (non-hydrogen) atoms. The van der Waals surface area contributed by atoms with Gasteiger partial charge in [0.2, 0.25) is 10.0 Å². The van der Waals surface area contributed by atoms with Gasteiger partial charge in [-0.15, -0.1) is 0 Å². The molecule has 3 fully saturated rings. The summed E-state index contributed by atoms with van der Waals surface area (Å²) in [5.41, 5.74) is 1.85. The zero-order chi connectivity index (χ0) is 19.2. The van der Waals surface area contributed by atoms with Crippen LogP contribution >= 0.6 is 0 Å². The Morgan fingerprint density at radius 3 is 2.78 bits per heavy atom. The van der Waals surface area contributed by atoms with Crippen molar-refractivity contribution in [2.45, 2.75) is 65.6 Å². The first-order valence-electron chi connectivity index (χ1n) is 9.97. The molecule has 5 rings (SSSR count). The normalized spacial score (nSPS) is 34.0. The topological polar surface area (TPSA) is 68.1 Å². The molecule has 1 saturated heterocycles. The lowest BCUT2D eigenvalue weighted by Crippen LogP contribution is -2.41. The van der Waals surface area contributed by atoms with Gasteiger partial charge in [0.1, 0.15) is 0 Å². The van der Waals surface area contributed by atoms with E-state index >= 15 is 0 Å². The SMILES string of the molecule is CC(C)n1ncc2cc(CN3[C@@H]4C[C@H]5CCC4(CS3(=O)=O)C5(C)C)cnc21. The van der Waals surface area contributed by atoms with E-state index in [2.05, 4.69) is 37.8 Å². The van der Waals surface area contributed by atoms with Gasteiger partial charge in [0, 0.05) is 35.6 Å². The van der Waals surface area contributed by atoms with Crippen LogP contribution in [-0.4, -0.2) is 39.3 Å². The Hall–Kier alpha value is -1.47. The van der Waals surface area contributed by atoms with E-state index in [4.69, 9.17) is 0 Å². The number of hydrogen-bond donors (Lipinski definition) is 0. The maximum Gasteiger partial charge on any atom is 0.215 e. The van der Waals surface area contributed by atoms with Crippen molar-refractivity contribution in [2.24, 2.45) is 16.7 Å². The van der Waals surface area contributed by atoms with Crippen LogP contribution in [0.3, 0.4) is 0 Å². The van der Waals surface area contributed by atoms with Gasteiger partial charge in [-0.2, -0.15) is 9.40 Å². The van der Waals surface area contributed by atoms with E-state index in [1.165, 1.54) is 6.42 Å². The molecule has 2 aromatic heterocycles. The van der Waals surface area contributed by atoms with Gasteiger partial charge in [0.25, 0.3) is 0 Å². The molecule has 1 spiro atoms. The first kappa shape index (κ1) is 17.6. The van der Waals surface area contributed by atoms with Crippen LogP contribution in [0, 0.1) is 16.7 Å². The van der Waals surface area contributed by atoms with Gasteiger partial charge < -0.3 is 0 Å². The summed E-state index contributed by atoms with van der Waals surface area (Å²) in [5, 5.41) is 5.39. The molecule has 3 heterocycles. The van der Waals surface area contributed by atoms with E-state index in [0.29, 0.717) is 18.2 Å². The van der Waals surface area contributed by atoms with E-state index in [1.807, 2.05) is 23.1 Å². The van der Waals surface area contributed by atoms with Crippen molar-refractivity contribution >= 4 is 21.1 Å². The molecule has 0 N–H and O–H groups in total. The molecule has 3 aliphatic rings. The third-order valence-corrected chi connectivity index (χ3v) is 9.83. The van der Waals surface area contributed by atoms with E-state index < -0.39 is 10.0 Å². The molecule has 7 heteroatoms. The largest absolute Gasteiger partial charge is 0.245 e. The lowest BCUT2D eigenvalue weighted by Gasteiger charge is -2.37. The third-order valence-electron chi connectivity index (χ3n) is 7.85. The van der Waals surface area contributed by atoms with Crippen LogP contribution in [0.15, 0.2) is 18.5 Å². The van der Waals surface area contributed by atoms with Crippen LogP contribution in [-0.2, 0) is 16.6 Å². The van der Waals surface area contributed by atoms with Gasteiger partial charge in [0.15, 0.2) is 5.65 Å². The molecule has 6 nitrogen and oxygen atoms in total. The second kappa shape index (κ2) is 5.32. The van der Waals surface area contributed by atoms with Crippen molar-refractivity contribution < 1.29 is 8.42 Å². The lowest BCUT2D eigenvalue weighted by molar-refractivity contribution is 0.112. The molecule has 2 bridgehead atoms. The Morgan fingerprint density at radius 2 is 2.07 bits per heavy atom. The molecular formula is C20H28N4O2S. The highest BCUT2D eigenvalue weighted by Gasteiger charge is 2.71. The average Bonchev–Trinajstić information content (AvgIpc) is 3.23. The van der Waals surface area contributed by atoms with Crippen molar-refractivity contribution in [3.8, 4) is 0 Å². The summed E-state index contributed by atoms with van der Waals surface area (Å²) in [5.74, 6) is 0.958. The van der Waals surface area contributed by atoms with Crippen molar-refractivity contribution in [1.29, 1.82) is 0 Å². The zero-order valence-electron chi connectivity index (χ0n) is 16.5. The molecule has 146 valence electrons. The Morgan fingerprint density at radius 1 is 1.30 bits per heavy atom. The molecule has 2 saturated carbocycles. The number of aromatic nitrogens is 3. The van der Waals surface area contributed by atoms with Crippen LogP contribution in [0.4, 0.5) is 0 Å². The molecule has 0 amide bonds. The standard InChI is InChI=1S/C20H28N4O2S/c1-13(2)24-18-15(10-22-24)7-14(9-21-18)11-23-17-8-16-5-6-20(17,19(16,3)4)12-27(23,25)26/h7,9-10,13,16-17H,5-6,8,11-12H2,1-4H3/t16-,17-,20?/m1/s1. The smallest absolute Gasteiger partial charge is 0.215 e. The molecular weight excluding hydrogens is 360 g/mol. The molecule has 0 aromatic carbocycles. The van der Waals surface area contributed by atoms with Crippen LogP contribution in [0.1, 0.15) is 58.6 Å². The number of nitrogens with zero attached hydrogens (tertiary/aromatic N) is 4. The number of fused-ring (bicyclic) bond motifs is 2. The van der Waals surface area contributed by atoms with Crippen LogP contribution in [0.5, 0.6) is 0 Å². The number of hydrogen-bond acceptors (Lipinski definition) is 4. The van der Waals surface area contributed by atoms with Gasteiger partial charge in [-0.25, -0.2) is 18.1 Å². The van der Waals surface area contributed by atoms with Crippen molar-refractivity contribution in [1.82, 2.24) is 19.1 Å². The summed E-state index contributed by atoms with van der Waals surface area (Å²) >= 11 is 0. The molecule has 3 atom stereocenters.